The van der Waals surface area contributed by atoms with E-state index in [1.807, 2.05) is 29.2 Å². The standard InChI is InChI=1S/C12H12BrNO2/c13-9-3-1-2-8(4-9)12(15)14-6-11-5-10(14)7-16-11/h1-4,10-11H,5-7H2/t10-,11-/m0/s1. The maximum atomic E-state index is 12.2. The van der Waals surface area contributed by atoms with E-state index in [-0.39, 0.29) is 18.1 Å². The molecule has 1 aromatic rings. The summed E-state index contributed by atoms with van der Waals surface area (Å²) in [6.07, 6.45) is 1.26. The van der Waals surface area contributed by atoms with Crippen molar-refractivity contribution in [1.82, 2.24) is 4.90 Å². The number of morpholine rings is 1. The zero-order valence-electron chi connectivity index (χ0n) is 8.73. The molecular weight excluding hydrogens is 270 g/mol. The van der Waals surface area contributed by atoms with Gasteiger partial charge in [-0.3, -0.25) is 4.79 Å². The molecule has 84 valence electrons. The summed E-state index contributed by atoms with van der Waals surface area (Å²) in [6, 6.07) is 7.84. The van der Waals surface area contributed by atoms with Crippen LogP contribution in [0.15, 0.2) is 28.7 Å². The first-order chi connectivity index (χ1) is 7.74. The number of carbonyl (C=O) groups excluding carboxylic acids is 1. The van der Waals surface area contributed by atoms with Gasteiger partial charge in [0.05, 0.1) is 18.8 Å². The van der Waals surface area contributed by atoms with E-state index in [9.17, 15) is 4.79 Å². The Morgan fingerprint density at radius 3 is 3.00 bits per heavy atom. The van der Waals surface area contributed by atoms with Crippen LogP contribution in [0.5, 0.6) is 0 Å². The van der Waals surface area contributed by atoms with Crippen LogP contribution in [0.3, 0.4) is 0 Å². The van der Waals surface area contributed by atoms with Gasteiger partial charge in [-0.15, -0.1) is 0 Å². The number of ether oxygens (including phenoxy) is 1. The Bertz CT molecular complexity index is 435. The van der Waals surface area contributed by atoms with Gasteiger partial charge in [0.1, 0.15) is 0 Å². The average molecular weight is 282 g/mol. The first-order valence-electron chi connectivity index (χ1n) is 5.42. The molecule has 3 rings (SSSR count). The highest BCUT2D eigenvalue weighted by molar-refractivity contribution is 9.10. The molecule has 1 amide bonds. The minimum atomic E-state index is 0.122. The monoisotopic (exact) mass is 281 g/mol. The van der Waals surface area contributed by atoms with Crippen molar-refractivity contribution in [3.8, 4) is 0 Å². The Morgan fingerprint density at radius 2 is 2.38 bits per heavy atom. The van der Waals surface area contributed by atoms with Gasteiger partial charge in [0.2, 0.25) is 0 Å². The topological polar surface area (TPSA) is 29.5 Å². The molecule has 0 unspecified atom stereocenters. The van der Waals surface area contributed by atoms with Crippen molar-refractivity contribution in [2.75, 3.05) is 13.2 Å². The number of carbonyl (C=O) groups is 1. The van der Waals surface area contributed by atoms with Crippen LogP contribution in [0.1, 0.15) is 16.8 Å². The van der Waals surface area contributed by atoms with E-state index >= 15 is 0 Å². The molecule has 1 aromatic carbocycles. The lowest BCUT2D eigenvalue weighted by molar-refractivity contribution is 0.0259. The number of amides is 1. The Morgan fingerprint density at radius 1 is 1.50 bits per heavy atom. The normalized spacial score (nSPS) is 27.4. The molecule has 0 spiro atoms. The summed E-state index contributed by atoms with van der Waals surface area (Å²) < 4.78 is 6.43. The van der Waals surface area contributed by atoms with Crippen LogP contribution in [0.2, 0.25) is 0 Å². The maximum Gasteiger partial charge on any atom is 0.254 e. The molecule has 0 saturated carbocycles. The molecule has 0 aromatic heterocycles. The molecule has 2 fully saturated rings. The van der Waals surface area contributed by atoms with Gasteiger partial charge >= 0.3 is 0 Å². The van der Waals surface area contributed by atoms with Crippen molar-refractivity contribution in [3.63, 3.8) is 0 Å². The van der Waals surface area contributed by atoms with Gasteiger partial charge in [0.25, 0.3) is 5.91 Å². The third-order valence-corrected chi connectivity index (χ3v) is 3.73. The number of hydrogen-bond donors (Lipinski definition) is 0. The largest absolute Gasteiger partial charge is 0.374 e. The van der Waals surface area contributed by atoms with E-state index < -0.39 is 0 Å². The molecule has 4 heteroatoms. The molecule has 0 N–H and O–H groups in total. The van der Waals surface area contributed by atoms with Gasteiger partial charge in [0, 0.05) is 16.6 Å². The Balaban J connectivity index is 1.83. The third-order valence-electron chi connectivity index (χ3n) is 3.23. The Labute approximate surface area is 103 Å². The zero-order chi connectivity index (χ0) is 11.1. The zero-order valence-corrected chi connectivity index (χ0v) is 10.3. The van der Waals surface area contributed by atoms with Crippen molar-refractivity contribution in [3.05, 3.63) is 34.3 Å². The molecular formula is C12H12BrNO2. The van der Waals surface area contributed by atoms with E-state index in [1.165, 1.54) is 0 Å². The van der Waals surface area contributed by atoms with Gasteiger partial charge in [-0.2, -0.15) is 0 Å². The second kappa shape index (κ2) is 3.86. The number of likely N-dealkylation sites (tertiary alicyclic amines) is 1. The third kappa shape index (κ3) is 1.66. The number of hydrogen-bond acceptors (Lipinski definition) is 2. The quantitative estimate of drug-likeness (QED) is 0.789. The number of fused-ring (bicyclic) bond motifs is 2. The molecule has 0 aliphatic carbocycles. The summed E-state index contributed by atoms with van der Waals surface area (Å²) in [6.45, 7) is 1.44. The summed E-state index contributed by atoms with van der Waals surface area (Å²) in [7, 11) is 0. The molecule has 2 atom stereocenters. The maximum absolute atomic E-state index is 12.2. The second-order valence-corrected chi connectivity index (χ2v) is 5.23. The summed E-state index contributed by atoms with van der Waals surface area (Å²) >= 11 is 3.38. The Hall–Kier alpha value is -0.870. The van der Waals surface area contributed by atoms with E-state index in [0.717, 1.165) is 23.0 Å². The SMILES string of the molecule is O=C(c1cccc(Br)c1)N1C[C@@H]2C[C@H]1CO2. The highest BCUT2D eigenvalue weighted by Gasteiger charge is 2.41. The molecule has 2 saturated heterocycles. The molecule has 2 heterocycles. The van der Waals surface area contributed by atoms with Gasteiger partial charge in [-0.1, -0.05) is 22.0 Å². The van der Waals surface area contributed by atoms with Gasteiger partial charge < -0.3 is 9.64 Å². The van der Waals surface area contributed by atoms with Crippen LogP contribution in [0.4, 0.5) is 0 Å². The highest BCUT2D eigenvalue weighted by Crippen LogP contribution is 2.29. The van der Waals surface area contributed by atoms with Gasteiger partial charge in [0.15, 0.2) is 0 Å². The van der Waals surface area contributed by atoms with Gasteiger partial charge in [-0.05, 0) is 24.6 Å². The van der Waals surface area contributed by atoms with E-state index in [1.54, 1.807) is 0 Å². The van der Waals surface area contributed by atoms with Crippen LogP contribution in [-0.2, 0) is 4.74 Å². The number of benzene rings is 1. The van der Waals surface area contributed by atoms with Crippen molar-refractivity contribution in [2.24, 2.45) is 0 Å². The number of nitrogens with zero attached hydrogens (tertiary/aromatic N) is 1. The lowest BCUT2D eigenvalue weighted by Gasteiger charge is -2.26. The van der Waals surface area contributed by atoms with Crippen molar-refractivity contribution in [1.29, 1.82) is 0 Å². The minimum absolute atomic E-state index is 0.122. The second-order valence-electron chi connectivity index (χ2n) is 4.31. The number of rotatable bonds is 1. The molecule has 0 radical (unpaired) electrons. The molecule has 2 aliphatic heterocycles. The van der Waals surface area contributed by atoms with Crippen molar-refractivity contribution in [2.45, 2.75) is 18.6 Å². The predicted molar refractivity (Wildman–Crippen MR) is 63.3 cm³/mol. The molecule has 3 nitrogen and oxygen atoms in total. The van der Waals surface area contributed by atoms with E-state index in [0.29, 0.717) is 6.61 Å². The lowest BCUT2D eigenvalue weighted by atomic mass is 10.2. The molecule has 2 bridgehead atoms. The highest BCUT2D eigenvalue weighted by atomic mass is 79.9. The van der Waals surface area contributed by atoms with Crippen LogP contribution in [-0.4, -0.2) is 36.1 Å². The summed E-state index contributed by atoms with van der Waals surface area (Å²) in [5.74, 6) is 0.122. The minimum Gasteiger partial charge on any atom is -0.374 e. The predicted octanol–water partition coefficient (Wildman–Crippen LogP) is 2.06. The lowest BCUT2D eigenvalue weighted by Crippen LogP contribution is -2.41. The summed E-state index contributed by atoms with van der Waals surface area (Å²) in [5, 5.41) is 0. The van der Waals surface area contributed by atoms with Gasteiger partial charge in [-0.25, -0.2) is 0 Å². The fourth-order valence-corrected chi connectivity index (χ4v) is 2.83. The van der Waals surface area contributed by atoms with Crippen molar-refractivity contribution < 1.29 is 9.53 Å². The molecule has 2 aliphatic rings. The van der Waals surface area contributed by atoms with Crippen LogP contribution >= 0.6 is 15.9 Å². The van der Waals surface area contributed by atoms with Crippen molar-refractivity contribution >= 4 is 21.8 Å². The van der Waals surface area contributed by atoms with E-state index in [4.69, 9.17) is 4.74 Å². The fourth-order valence-electron chi connectivity index (χ4n) is 2.44. The first-order valence-corrected chi connectivity index (χ1v) is 6.21. The molecule has 16 heavy (non-hydrogen) atoms. The average Bonchev–Trinajstić information content (AvgIpc) is 2.89. The van der Waals surface area contributed by atoms with Crippen LogP contribution < -0.4 is 0 Å². The fraction of sp³-hybridized carbons (Fsp3) is 0.417. The first kappa shape index (κ1) is 10.3. The summed E-state index contributed by atoms with van der Waals surface area (Å²) in [5.41, 5.74) is 0.752. The van der Waals surface area contributed by atoms with E-state index in [2.05, 4.69) is 15.9 Å². The summed E-state index contributed by atoms with van der Waals surface area (Å²) in [4.78, 5) is 14.2. The van der Waals surface area contributed by atoms with Crippen LogP contribution in [0, 0.1) is 0 Å². The smallest absolute Gasteiger partial charge is 0.254 e. The number of halogens is 1. The Kier molecular flexibility index (Phi) is 2.48. The van der Waals surface area contributed by atoms with Crippen LogP contribution in [0.25, 0.3) is 0 Å².